The van der Waals surface area contributed by atoms with Crippen LogP contribution in [0, 0.1) is 23.5 Å². The Morgan fingerprint density at radius 1 is 0.645 bits per heavy atom. The highest BCUT2D eigenvalue weighted by atomic mass is 35.5. The number of quaternary nitrogens is 2. The van der Waals surface area contributed by atoms with Gasteiger partial charge in [0.2, 0.25) is 10.9 Å². The van der Waals surface area contributed by atoms with Crippen molar-refractivity contribution in [2.45, 2.75) is 75.5 Å². The molecule has 0 amide bonds. The van der Waals surface area contributed by atoms with Gasteiger partial charge in [-0.25, -0.2) is 18.4 Å². The molecule has 0 spiro atoms. The van der Waals surface area contributed by atoms with Crippen molar-refractivity contribution < 1.29 is 78.6 Å². The van der Waals surface area contributed by atoms with Crippen molar-refractivity contribution in [3.8, 4) is 11.5 Å². The van der Waals surface area contributed by atoms with Crippen molar-refractivity contribution in [3.63, 3.8) is 0 Å². The van der Waals surface area contributed by atoms with Crippen molar-refractivity contribution in [1.82, 2.24) is 9.13 Å². The molecule has 7 N–H and O–H groups in total. The van der Waals surface area contributed by atoms with Gasteiger partial charge in [-0.3, -0.25) is 9.59 Å². The van der Waals surface area contributed by atoms with Gasteiger partial charge < -0.3 is 79.2 Å². The number of nitrogens with zero attached hydrogens (tertiary/aromatic N) is 4. The van der Waals surface area contributed by atoms with E-state index in [-0.39, 0.29) is 58.8 Å². The van der Waals surface area contributed by atoms with Gasteiger partial charge >= 0.3 is 11.9 Å². The van der Waals surface area contributed by atoms with Crippen LogP contribution in [0.3, 0.4) is 0 Å². The second-order valence-electron chi connectivity index (χ2n) is 16.9. The van der Waals surface area contributed by atoms with Crippen LogP contribution in [0.25, 0.3) is 21.8 Å². The molecule has 19 heteroatoms. The first-order chi connectivity index (χ1) is 29.0. The van der Waals surface area contributed by atoms with Crippen LogP contribution in [-0.4, -0.2) is 109 Å². The number of aliphatic hydroxyl groups excluding tert-OH is 1. The molecule has 2 saturated carbocycles. The number of nitrogens with two attached hydrogens (primary N) is 2. The summed E-state index contributed by atoms with van der Waals surface area (Å²) >= 11 is 0. The SMILES string of the molecule is CO.COc1c(N2C[C@@H]3CCC[NH2+][C@@H]3C2)c(F)cc2c(=O)c(C(=O)O)cn(C3CC3)c12.COc1c(N2C[C@@H]3CCC[NH2+][C@@H]3C2)c(F)cc2c(=O)c(C(=O)O)cn(C3CC3)c12.[Cl-].[Cl-]. The van der Waals surface area contributed by atoms with Crippen molar-refractivity contribution in [2.24, 2.45) is 11.8 Å². The second kappa shape index (κ2) is 19.0. The number of hydrogen-bond acceptors (Lipinski definition) is 9. The maximum atomic E-state index is 15.3. The molecule has 6 heterocycles. The Morgan fingerprint density at radius 2 is 1.02 bits per heavy atom. The van der Waals surface area contributed by atoms with E-state index in [4.69, 9.17) is 14.6 Å². The number of anilines is 2. The predicted molar refractivity (Wildman–Crippen MR) is 219 cm³/mol. The van der Waals surface area contributed by atoms with Crippen LogP contribution in [0.4, 0.5) is 20.2 Å². The number of aromatic nitrogens is 2. The summed E-state index contributed by atoms with van der Waals surface area (Å²) in [7, 11) is 3.97. The number of carboxylic acid groups (broad SMARTS) is 2. The third kappa shape index (κ3) is 8.41. The molecule has 2 aliphatic carbocycles. The van der Waals surface area contributed by atoms with Gasteiger partial charge in [0.05, 0.1) is 62.2 Å². The molecule has 2 aromatic heterocycles. The summed E-state index contributed by atoms with van der Waals surface area (Å²) in [6.07, 6.45) is 11.0. The van der Waals surface area contributed by atoms with E-state index < -0.39 is 34.4 Å². The molecule has 2 aromatic carbocycles. The van der Waals surface area contributed by atoms with E-state index in [2.05, 4.69) is 10.6 Å². The molecule has 62 heavy (non-hydrogen) atoms. The summed E-state index contributed by atoms with van der Waals surface area (Å²) in [6.45, 7) is 5.22. The number of aliphatic hydroxyl groups is 1. The van der Waals surface area contributed by atoms with E-state index in [1.807, 2.05) is 9.80 Å². The molecule has 0 bridgehead atoms. The van der Waals surface area contributed by atoms with Crippen LogP contribution >= 0.6 is 0 Å². The first kappa shape index (κ1) is 46.8. The first-order valence-electron chi connectivity index (χ1n) is 21.0. The number of fused-ring (bicyclic) bond motifs is 4. The fourth-order valence-electron chi connectivity index (χ4n) is 10.2. The van der Waals surface area contributed by atoms with E-state index in [0.29, 0.717) is 57.8 Å². The molecular formula is C43H54Cl2F2N6O9. The quantitative estimate of drug-likeness (QED) is 0.117. The third-order valence-electron chi connectivity index (χ3n) is 13.3. The Labute approximate surface area is 368 Å². The summed E-state index contributed by atoms with van der Waals surface area (Å²) in [4.78, 5) is 52.8. The van der Waals surface area contributed by atoms with E-state index in [0.717, 1.165) is 84.9 Å². The predicted octanol–water partition coefficient (Wildman–Crippen LogP) is -3.69. The number of rotatable bonds is 8. The van der Waals surface area contributed by atoms with E-state index in [1.165, 1.54) is 51.6 Å². The number of halogens is 4. The number of carbonyl (C=O) groups is 2. The molecule has 4 saturated heterocycles. The Balaban J connectivity index is 0.000000193. The van der Waals surface area contributed by atoms with Crippen LogP contribution in [0.5, 0.6) is 11.5 Å². The molecule has 4 aliphatic heterocycles. The van der Waals surface area contributed by atoms with Crippen LogP contribution < -0.4 is 65.6 Å². The molecule has 6 aliphatic rings. The molecule has 4 atom stereocenters. The van der Waals surface area contributed by atoms with Gasteiger partial charge in [0, 0.05) is 56.5 Å². The third-order valence-corrected chi connectivity index (χ3v) is 13.3. The van der Waals surface area contributed by atoms with Gasteiger partial charge in [-0.2, -0.15) is 0 Å². The van der Waals surface area contributed by atoms with Gasteiger partial charge in [-0.15, -0.1) is 0 Å². The lowest BCUT2D eigenvalue weighted by molar-refractivity contribution is -0.699. The molecule has 4 aromatic rings. The second-order valence-corrected chi connectivity index (χ2v) is 16.9. The smallest absolute Gasteiger partial charge is 0.341 e. The maximum absolute atomic E-state index is 15.3. The summed E-state index contributed by atoms with van der Waals surface area (Å²) in [6, 6.07) is 3.52. The van der Waals surface area contributed by atoms with Gasteiger partial charge in [-0.05, 0) is 63.5 Å². The lowest BCUT2D eigenvalue weighted by Gasteiger charge is -2.24. The van der Waals surface area contributed by atoms with E-state index >= 15 is 8.78 Å². The molecule has 15 nitrogen and oxygen atoms in total. The number of methoxy groups -OCH3 is 2. The summed E-state index contributed by atoms with van der Waals surface area (Å²) in [5.41, 5.74) is -0.228. The van der Waals surface area contributed by atoms with Gasteiger partial charge in [0.1, 0.15) is 34.6 Å². The molecule has 0 unspecified atom stereocenters. The summed E-state index contributed by atoms with van der Waals surface area (Å²) in [5.74, 6) is -1.96. The van der Waals surface area contributed by atoms with Crippen LogP contribution in [0.1, 0.15) is 84.2 Å². The Hall–Kier alpha value is -4.68. The standard InChI is InChI=1S/2C21H24FN3O4.CH4O.2ClH/c2*1-29-20-17-13(19(26)14(21(27)28)9-25(17)12-4-5-12)7-15(22)18(20)24-8-11-3-2-6-23-16(11)10-24;1-2;;/h2*7,9,11-12,16,23H,2-6,8,10H2,1H3,(H,27,28);2H,1H3;2*1H/t2*11-,16+;;;/m00.../s1. The molecular weight excluding hydrogens is 853 g/mol. The normalized spacial score (nSPS) is 22.5. The van der Waals surface area contributed by atoms with Crippen molar-refractivity contribution in [1.29, 1.82) is 0 Å². The van der Waals surface area contributed by atoms with Crippen molar-refractivity contribution in [2.75, 3.05) is 70.4 Å². The average molecular weight is 908 g/mol. The van der Waals surface area contributed by atoms with Gasteiger partial charge in [0.15, 0.2) is 23.1 Å². The highest BCUT2D eigenvalue weighted by molar-refractivity contribution is 5.98. The zero-order valence-corrected chi connectivity index (χ0v) is 36.4. The summed E-state index contributed by atoms with van der Waals surface area (Å²) < 4.78 is 45.6. The van der Waals surface area contributed by atoms with Gasteiger partial charge in [0.25, 0.3) is 0 Å². The molecule has 6 fully saturated rings. The number of carboxylic acids is 2. The van der Waals surface area contributed by atoms with Crippen LogP contribution in [0.2, 0.25) is 0 Å². The highest BCUT2D eigenvalue weighted by Gasteiger charge is 2.42. The number of aromatic carboxylic acids is 2. The average Bonchev–Trinajstić information content (AvgIpc) is 4.18. The molecule has 338 valence electrons. The highest BCUT2D eigenvalue weighted by Crippen LogP contribution is 2.46. The minimum absolute atomic E-state index is 0. The number of piperidine rings is 2. The first-order valence-corrected chi connectivity index (χ1v) is 21.0. The van der Waals surface area contributed by atoms with Crippen LogP contribution in [-0.2, 0) is 0 Å². The molecule has 10 rings (SSSR count). The van der Waals surface area contributed by atoms with Crippen molar-refractivity contribution in [3.05, 3.63) is 67.7 Å². The van der Waals surface area contributed by atoms with E-state index in [9.17, 15) is 29.4 Å². The minimum Gasteiger partial charge on any atom is -1.00 e. The van der Waals surface area contributed by atoms with E-state index in [1.54, 1.807) is 9.13 Å². The zero-order chi connectivity index (χ0) is 42.6. The van der Waals surface area contributed by atoms with Crippen molar-refractivity contribution >= 4 is 45.1 Å². The minimum atomic E-state index is -1.30. The largest absolute Gasteiger partial charge is 1.00 e. The monoisotopic (exact) mass is 906 g/mol. The topological polar surface area (TPSA) is 197 Å². The number of benzene rings is 2. The van der Waals surface area contributed by atoms with Crippen LogP contribution in [0.15, 0.2) is 34.1 Å². The Morgan fingerprint density at radius 3 is 1.32 bits per heavy atom. The lowest BCUT2D eigenvalue weighted by atomic mass is 9.94. The lowest BCUT2D eigenvalue weighted by Crippen LogP contribution is -3.00. The fraction of sp³-hybridized carbons (Fsp3) is 0.535. The Kier molecular flexibility index (Phi) is 14.3. The maximum Gasteiger partial charge on any atom is 0.341 e. The number of hydrogen-bond donors (Lipinski definition) is 5. The van der Waals surface area contributed by atoms with Gasteiger partial charge in [-0.1, -0.05) is 0 Å². The summed E-state index contributed by atoms with van der Waals surface area (Å²) in [5, 5.41) is 30.7. The number of ether oxygens (including phenoxy) is 2. The Bertz CT molecular complexity index is 2280. The number of pyridine rings is 2. The molecule has 0 radical (unpaired) electrons. The zero-order valence-electron chi connectivity index (χ0n) is 34.9. The fourth-order valence-corrected chi connectivity index (χ4v) is 10.2.